The summed E-state index contributed by atoms with van der Waals surface area (Å²) < 4.78 is 5.82. The fourth-order valence-corrected chi connectivity index (χ4v) is 2.44. The standard InChI is InChI=1S/C21H23N3O/c1-16(2)23-20-9-6-14-22-21(20)24-18-10-12-19(13-11-18)25-15-17-7-4-3-5-8-17/h3-14,16,23H,15H2,1-2H3,(H,22,24). The molecule has 0 bridgehead atoms. The van der Waals surface area contributed by atoms with Crippen LogP contribution in [0.4, 0.5) is 17.2 Å². The highest BCUT2D eigenvalue weighted by atomic mass is 16.5. The van der Waals surface area contributed by atoms with Gasteiger partial charge >= 0.3 is 0 Å². The molecule has 1 heterocycles. The third kappa shape index (κ3) is 4.98. The average molecular weight is 333 g/mol. The van der Waals surface area contributed by atoms with Gasteiger partial charge in [-0.2, -0.15) is 0 Å². The molecule has 128 valence electrons. The molecule has 4 nitrogen and oxygen atoms in total. The van der Waals surface area contributed by atoms with Gasteiger partial charge in [-0.25, -0.2) is 4.98 Å². The second-order valence-electron chi connectivity index (χ2n) is 6.12. The highest BCUT2D eigenvalue weighted by Crippen LogP contribution is 2.25. The zero-order valence-electron chi connectivity index (χ0n) is 14.6. The van der Waals surface area contributed by atoms with Crippen molar-refractivity contribution in [1.29, 1.82) is 0 Å². The lowest BCUT2D eigenvalue weighted by Crippen LogP contribution is -2.11. The van der Waals surface area contributed by atoms with Crippen LogP contribution in [0.3, 0.4) is 0 Å². The number of pyridine rings is 1. The van der Waals surface area contributed by atoms with Crippen molar-refractivity contribution >= 4 is 17.2 Å². The molecule has 4 heteroatoms. The van der Waals surface area contributed by atoms with Crippen LogP contribution in [-0.4, -0.2) is 11.0 Å². The number of hydrogen-bond acceptors (Lipinski definition) is 4. The van der Waals surface area contributed by atoms with E-state index < -0.39 is 0 Å². The van der Waals surface area contributed by atoms with Crippen LogP contribution in [0.2, 0.25) is 0 Å². The van der Waals surface area contributed by atoms with Gasteiger partial charge in [0.25, 0.3) is 0 Å². The van der Waals surface area contributed by atoms with E-state index in [1.807, 2.05) is 54.6 Å². The summed E-state index contributed by atoms with van der Waals surface area (Å²) in [5.74, 6) is 1.66. The van der Waals surface area contributed by atoms with Crippen LogP contribution < -0.4 is 15.4 Å². The highest BCUT2D eigenvalue weighted by molar-refractivity contribution is 5.70. The maximum absolute atomic E-state index is 5.82. The first-order chi connectivity index (χ1) is 12.2. The van der Waals surface area contributed by atoms with Crippen LogP contribution in [-0.2, 0) is 6.61 Å². The second-order valence-corrected chi connectivity index (χ2v) is 6.12. The SMILES string of the molecule is CC(C)Nc1cccnc1Nc1ccc(OCc2ccccc2)cc1. The summed E-state index contributed by atoms with van der Waals surface area (Å²) in [6, 6.07) is 22.4. The Kier molecular flexibility index (Phi) is 5.52. The Labute approximate surface area is 148 Å². The molecule has 0 radical (unpaired) electrons. The summed E-state index contributed by atoms with van der Waals surface area (Å²) in [6.45, 7) is 4.78. The number of ether oxygens (including phenoxy) is 1. The van der Waals surface area contributed by atoms with E-state index in [9.17, 15) is 0 Å². The van der Waals surface area contributed by atoms with E-state index in [-0.39, 0.29) is 0 Å². The largest absolute Gasteiger partial charge is 0.489 e. The summed E-state index contributed by atoms with van der Waals surface area (Å²) >= 11 is 0. The molecule has 0 unspecified atom stereocenters. The zero-order valence-corrected chi connectivity index (χ0v) is 14.6. The van der Waals surface area contributed by atoms with Gasteiger partial charge in [-0.15, -0.1) is 0 Å². The zero-order chi connectivity index (χ0) is 17.5. The molecule has 2 N–H and O–H groups in total. The Bertz CT molecular complexity index is 786. The molecule has 3 rings (SSSR count). The molecular weight excluding hydrogens is 310 g/mol. The molecular formula is C21H23N3O. The predicted molar refractivity (Wildman–Crippen MR) is 103 cm³/mol. The number of benzene rings is 2. The van der Waals surface area contributed by atoms with Gasteiger partial charge in [0, 0.05) is 17.9 Å². The molecule has 0 aliphatic rings. The van der Waals surface area contributed by atoms with Crippen molar-refractivity contribution in [2.24, 2.45) is 0 Å². The van der Waals surface area contributed by atoms with Crippen molar-refractivity contribution in [3.05, 3.63) is 78.5 Å². The van der Waals surface area contributed by atoms with Crippen molar-refractivity contribution in [2.45, 2.75) is 26.5 Å². The molecule has 0 saturated carbocycles. The maximum Gasteiger partial charge on any atom is 0.153 e. The number of anilines is 3. The van der Waals surface area contributed by atoms with Gasteiger partial charge < -0.3 is 15.4 Å². The van der Waals surface area contributed by atoms with E-state index in [0.717, 1.165) is 28.5 Å². The molecule has 25 heavy (non-hydrogen) atoms. The maximum atomic E-state index is 5.82. The van der Waals surface area contributed by atoms with E-state index >= 15 is 0 Å². The van der Waals surface area contributed by atoms with Gasteiger partial charge in [0.05, 0.1) is 5.69 Å². The van der Waals surface area contributed by atoms with Crippen LogP contribution in [0.15, 0.2) is 72.9 Å². The summed E-state index contributed by atoms with van der Waals surface area (Å²) in [7, 11) is 0. The quantitative estimate of drug-likeness (QED) is 0.622. The van der Waals surface area contributed by atoms with E-state index in [4.69, 9.17) is 4.74 Å². The molecule has 0 atom stereocenters. The minimum atomic E-state index is 0.346. The number of aromatic nitrogens is 1. The second kappa shape index (κ2) is 8.20. The normalized spacial score (nSPS) is 10.5. The summed E-state index contributed by atoms with van der Waals surface area (Å²) in [5, 5.41) is 6.74. The Morgan fingerprint density at radius 3 is 2.40 bits per heavy atom. The monoisotopic (exact) mass is 333 g/mol. The Balaban J connectivity index is 1.63. The van der Waals surface area contributed by atoms with Gasteiger partial charge in [-0.3, -0.25) is 0 Å². The van der Waals surface area contributed by atoms with Gasteiger partial charge in [0.15, 0.2) is 5.82 Å². The third-order valence-electron chi connectivity index (χ3n) is 3.62. The van der Waals surface area contributed by atoms with Crippen LogP contribution >= 0.6 is 0 Å². The summed E-state index contributed by atoms with van der Waals surface area (Å²) in [5.41, 5.74) is 3.11. The Hall–Kier alpha value is -3.01. The van der Waals surface area contributed by atoms with Crippen molar-refractivity contribution in [3.63, 3.8) is 0 Å². The first-order valence-electron chi connectivity index (χ1n) is 8.46. The number of nitrogens with one attached hydrogen (secondary N) is 2. The highest BCUT2D eigenvalue weighted by Gasteiger charge is 2.05. The van der Waals surface area contributed by atoms with Gasteiger partial charge in [-0.05, 0) is 55.8 Å². The van der Waals surface area contributed by atoms with Gasteiger partial charge in [0.1, 0.15) is 12.4 Å². The Morgan fingerprint density at radius 1 is 0.920 bits per heavy atom. The van der Waals surface area contributed by atoms with Crippen molar-refractivity contribution in [3.8, 4) is 5.75 Å². The molecule has 0 aliphatic heterocycles. The number of nitrogens with zero attached hydrogens (tertiary/aromatic N) is 1. The number of rotatable bonds is 7. The molecule has 3 aromatic rings. The van der Waals surface area contributed by atoms with Crippen LogP contribution in [0.25, 0.3) is 0 Å². The molecule has 2 aromatic carbocycles. The first-order valence-corrected chi connectivity index (χ1v) is 8.46. The van der Waals surface area contributed by atoms with Crippen LogP contribution in [0.1, 0.15) is 19.4 Å². The van der Waals surface area contributed by atoms with Crippen LogP contribution in [0, 0.1) is 0 Å². The fraction of sp³-hybridized carbons (Fsp3) is 0.190. The molecule has 0 spiro atoms. The number of hydrogen-bond donors (Lipinski definition) is 2. The van der Waals surface area contributed by atoms with Crippen molar-refractivity contribution < 1.29 is 4.74 Å². The topological polar surface area (TPSA) is 46.2 Å². The van der Waals surface area contributed by atoms with E-state index in [1.165, 1.54) is 0 Å². The lowest BCUT2D eigenvalue weighted by molar-refractivity contribution is 0.306. The summed E-state index contributed by atoms with van der Waals surface area (Å²) in [6.07, 6.45) is 1.78. The van der Waals surface area contributed by atoms with Crippen molar-refractivity contribution in [1.82, 2.24) is 4.98 Å². The summed E-state index contributed by atoms with van der Waals surface area (Å²) in [4.78, 5) is 4.42. The molecule has 0 saturated heterocycles. The van der Waals surface area contributed by atoms with E-state index in [1.54, 1.807) is 6.20 Å². The van der Waals surface area contributed by atoms with Crippen LogP contribution in [0.5, 0.6) is 5.75 Å². The molecule has 0 aliphatic carbocycles. The smallest absolute Gasteiger partial charge is 0.153 e. The molecule has 0 amide bonds. The third-order valence-corrected chi connectivity index (χ3v) is 3.62. The van der Waals surface area contributed by atoms with Crippen molar-refractivity contribution in [2.75, 3.05) is 10.6 Å². The molecule has 1 aromatic heterocycles. The minimum absolute atomic E-state index is 0.346. The van der Waals surface area contributed by atoms with E-state index in [0.29, 0.717) is 12.6 Å². The van der Waals surface area contributed by atoms with Gasteiger partial charge in [0.2, 0.25) is 0 Å². The average Bonchev–Trinajstić information content (AvgIpc) is 2.63. The predicted octanol–water partition coefficient (Wildman–Crippen LogP) is 5.22. The fourth-order valence-electron chi connectivity index (χ4n) is 2.44. The van der Waals surface area contributed by atoms with E-state index in [2.05, 4.69) is 41.6 Å². The first kappa shape index (κ1) is 16.8. The molecule has 0 fully saturated rings. The minimum Gasteiger partial charge on any atom is -0.489 e. The lowest BCUT2D eigenvalue weighted by atomic mass is 10.2. The lowest BCUT2D eigenvalue weighted by Gasteiger charge is -2.15. The Morgan fingerprint density at radius 2 is 1.68 bits per heavy atom. The van der Waals surface area contributed by atoms with Gasteiger partial charge in [-0.1, -0.05) is 30.3 Å².